The Hall–Kier alpha value is -2.18. The van der Waals surface area contributed by atoms with Gasteiger partial charge in [0.05, 0.1) is 6.42 Å². The molecule has 1 aromatic carbocycles. The number of benzene rings is 1. The average Bonchev–Trinajstić information content (AvgIpc) is 3.15. The molecule has 0 aliphatic carbocycles. The van der Waals surface area contributed by atoms with Crippen LogP contribution in [0.1, 0.15) is 28.7 Å². The number of halogens is 1. The number of H-pyrrole nitrogens is 1. The summed E-state index contributed by atoms with van der Waals surface area (Å²) in [6.07, 6.45) is 0.125. The molecule has 0 radical (unpaired) electrons. The smallest absolute Gasteiger partial charge is 0.254 e. The van der Waals surface area contributed by atoms with Gasteiger partial charge in [-0.2, -0.15) is 0 Å². The summed E-state index contributed by atoms with van der Waals surface area (Å²) in [6.45, 7) is 6.07. The highest BCUT2D eigenvalue weighted by Gasteiger charge is 2.47. The fourth-order valence-corrected chi connectivity index (χ4v) is 4.84. The molecule has 0 saturated carbocycles. The number of fused-ring (bicyclic) bond motifs is 1. The summed E-state index contributed by atoms with van der Waals surface area (Å²) in [5, 5.41) is 0. The van der Waals surface area contributed by atoms with Crippen LogP contribution in [0.25, 0.3) is 0 Å². The lowest BCUT2D eigenvalue weighted by Gasteiger charge is -2.27. The van der Waals surface area contributed by atoms with Crippen LogP contribution in [0.3, 0.4) is 0 Å². The fraction of sp³-hybridized carbons (Fsp3) is 0.476. The Kier molecular flexibility index (Phi) is 5.91. The van der Waals surface area contributed by atoms with Gasteiger partial charge in [0.25, 0.3) is 5.56 Å². The molecule has 2 aromatic rings. The van der Waals surface area contributed by atoms with E-state index in [-0.39, 0.29) is 30.3 Å². The molecule has 0 spiro atoms. The molecule has 4 rings (SSSR count). The van der Waals surface area contributed by atoms with Gasteiger partial charge in [0.2, 0.25) is 5.91 Å². The number of carbonyl (C=O) groups is 1. The first kappa shape index (κ1) is 20.6. The van der Waals surface area contributed by atoms with E-state index in [1.807, 2.05) is 11.0 Å². The normalized spacial score (nSPS) is 24.1. The molecule has 3 heterocycles. The number of nitrogens with one attached hydrogen (secondary N) is 1. The van der Waals surface area contributed by atoms with Crippen LogP contribution < -0.4 is 5.56 Å². The molecule has 150 valence electrons. The molecule has 0 bridgehead atoms. The minimum Gasteiger partial charge on any atom is -0.342 e. The number of amides is 1. The zero-order valence-corrected chi connectivity index (χ0v) is 17.3. The standard InChI is InChI=1S/C21H26N4O2.ClH/c1-13-17(21(27)23-14(2)22-13)9-19(26)25-11-16-10-24(3)20(18(16)12-25)15-7-5-4-6-8-15;/h4-8,16,18,20H,9-12H2,1-3H3,(H,22,23,27);1H/t16-,18+,20-;/m0./s1. The van der Waals surface area contributed by atoms with E-state index >= 15 is 0 Å². The summed E-state index contributed by atoms with van der Waals surface area (Å²) < 4.78 is 0. The van der Waals surface area contributed by atoms with Crippen molar-refractivity contribution in [3.8, 4) is 0 Å². The van der Waals surface area contributed by atoms with Crippen LogP contribution >= 0.6 is 12.4 Å². The Labute approximate surface area is 171 Å². The molecule has 28 heavy (non-hydrogen) atoms. The van der Waals surface area contributed by atoms with Gasteiger partial charge >= 0.3 is 0 Å². The van der Waals surface area contributed by atoms with Crippen LogP contribution in [0.5, 0.6) is 0 Å². The summed E-state index contributed by atoms with van der Waals surface area (Å²) in [5.74, 6) is 1.54. The molecular formula is C21H27ClN4O2. The summed E-state index contributed by atoms with van der Waals surface area (Å²) in [5.41, 5.74) is 2.25. The van der Waals surface area contributed by atoms with E-state index in [1.165, 1.54) is 5.56 Å². The number of nitrogens with zero attached hydrogens (tertiary/aromatic N) is 3. The maximum Gasteiger partial charge on any atom is 0.254 e. The summed E-state index contributed by atoms with van der Waals surface area (Å²) in [7, 11) is 2.17. The van der Waals surface area contributed by atoms with Gasteiger partial charge in [-0.15, -0.1) is 12.4 Å². The fourth-order valence-electron chi connectivity index (χ4n) is 4.84. The monoisotopic (exact) mass is 402 g/mol. The van der Waals surface area contributed by atoms with E-state index in [0.29, 0.717) is 35.0 Å². The lowest BCUT2D eigenvalue weighted by atomic mass is 9.90. The number of aryl methyl sites for hydroxylation is 2. The second kappa shape index (κ2) is 8.05. The van der Waals surface area contributed by atoms with Gasteiger partial charge in [-0.1, -0.05) is 30.3 Å². The molecule has 0 unspecified atom stereocenters. The average molecular weight is 403 g/mol. The van der Waals surface area contributed by atoms with Crippen LogP contribution in [0.15, 0.2) is 35.1 Å². The van der Waals surface area contributed by atoms with Crippen molar-refractivity contribution in [2.24, 2.45) is 11.8 Å². The quantitative estimate of drug-likeness (QED) is 0.853. The highest BCUT2D eigenvalue weighted by atomic mass is 35.5. The summed E-state index contributed by atoms with van der Waals surface area (Å²) in [4.78, 5) is 36.5. The number of hydrogen-bond donors (Lipinski definition) is 1. The van der Waals surface area contributed by atoms with E-state index in [9.17, 15) is 9.59 Å². The van der Waals surface area contributed by atoms with Gasteiger partial charge in [-0.05, 0) is 32.4 Å². The third kappa shape index (κ3) is 3.71. The molecule has 2 aliphatic heterocycles. The molecule has 2 saturated heterocycles. The lowest BCUT2D eigenvalue weighted by Crippen LogP contribution is -2.35. The first-order chi connectivity index (χ1) is 12.9. The molecule has 3 atom stereocenters. The van der Waals surface area contributed by atoms with E-state index in [0.717, 1.165) is 19.6 Å². The Morgan fingerprint density at radius 2 is 1.89 bits per heavy atom. The highest BCUT2D eigenvalue weighted by molar-refractivity contribution is 5.85. The second-order valence-electron chi connectivity index (χ2n) is 7.91. The van der Waals surface area contributed by atoms with Gasteiger partial charge in [-0.3, -0.25) is 14.5 Å². The SMILES string of the molecule is Cc1nc(C)c(CC(=O)N2C[C@@H]3CN(C)[C@@H](c4ccccc4)[C@@H]3C2)c(=O)[nH]1.Cl. The van der Waals surface area contributed by atoms with Crippen molar-refractivity contribution in [2.75, 3.05) is 26.7 Å². The van der Waals surface area contributed by atoms with Gasteiger partial charge in [0.1, 0.15) is 5.82 Å². The third-order valence-corrected chi connectivity index (χ3v) is 6.06. The molecule has 2 aliphatic rings. The van der Waals surface area contributed by atoms with Gasteiger partial charge in [0, 0.05) is 42.9 Å². The Balaban J connectivity index is 0.00000225. The zero-order valence-electron chi connectivity index (χ0n) is 16.5. The molecule has 1 amide bonds. The summed E-state index contributed by atoms with van der Waals surface area (Å²) >= 11 is 0. The molecule has 1 N–H and O–H groups in total. The predicted octanol–water partition coefficient (Wildman–Crippen LogP) is 2.11. The van der Waals surface area contributed by atoms with E-state index in [2.05, 4.69) is 46.2 Å². The number of aromatic nitrogens is 2. The maximum absolute atomic E-state index is 12.9. The largest absolute Gasteiger partial charge is 0.342 e. The van der Waals surface area contributed by atoms with E-state index < -0.39 is 0 Å². The Morgan fingerprint density at radius 3 is 2.57 bits per heavy atom. The highest BCUT2D eigenvalue weighted by Crippen LogP contribution is 2.44. The Morgan fingerprint density at radius 1 is 1.18 bits per heavy atom. The number of carbonyl (C=O) groups excluding carboxylic acids is 1. The number of likely N-dealkylation sites (tertiary alicyclic amines) is 2. The molecule has 6 nitrogen and oxygen atoms in total. The number of hydrogen-bond acceptors (Lipinski definition) is 4. The van der Waals surface area contributed by atoms with Crippen molar-refractivity contribution in [1.82, 2.24) is 19.8 Å². The minimum absolute atomic E-state index is 0. The van der Waals surface area contributed by atoms with Crippen molar-refractivity contribution in [1.29, 1.82) is 0 Å². The van der Waals surface area contributed by atoms with Crippen LogP contribution in [-0.2, 0) is 11.2 Å². The number of aromatic amines is 1. The van der Waals surface area contributed by atoms with Gasteiger partial charge in [0.15, 0.2) is 0 Å². The first-order valence-corrected chi connectivity index (χ1v) is 9.53. The number of rotatable bonds is 3. The summed E-state index contributed by atoms with van der Waals surface area (Å²) in [6, 6.07) is 10.9. The van der Waals surface area contributed by atoms with E-state index in [4.69, 9.17) is 0 Å². The molecular weight excluding hydrogens is 376 g/mol. The van der Waals surface area contributed by atoms with Gasteiger partial charge in [-0.25, -0.2) is 4.98 Å². The van der Waals surface area contributed by atoms with Crippen molar-refractivity contribution in [3.63, 3.8) is 0 Å². The van der Waals surface area contributed by atoms with Crippen LogP contribution in [0, 0.1) is 25.7 Å². The minimum atomic E-state index is -0.199. The van der Waals surface area contributed by atoms with Crippen molar-refractivity contribution in [3.05, 3.63) is 63.3 Å². The third-order valence-electron chi connectivity index (χ3n) is 6.06. The zero-order chi connectivity index (χ0) is 19.1. The van der Waals surface area contributed by atoms with Crippen LogP contribution in [-0.4, -0.2) is 52.4 Å². The van der Waals surface area contributed by atoms with Crippen molar-refractivity contribution >= 4 is 18.3 Å². The molecule has 1 aromatic heterocycles. The maximum atomic E-state index is 12.9. The van der Waals surface area contributed by atoms with Crippen LogP contribution in [0.2, 0.25) is 0 Å². The first-order valence-electron chi connectivity index (χ1n) is 9.53. The molecule has 2 fully saturated rings. The van der Waals surface area contributed by atoms with Gasteiger partial charge < -0.3 is 9.88 Å². The predicted molar refractivity (Wildman–Crippen MR) is 111 cm³/mol. The van der Waals surface area contributed by atoms with E-state index in [1.54, 1.807) is 13.8 Å². The second-order valence-corrected chi connectivity index (χ2v) is 7.91. The topological polar surface area (TPSA) is 69.3 Å². The lowest BCUT2D eigenvalue weighted by molar-refractivity contribution is -0.129. The molecule has 7 heteroatoms. The van der Waals surface area contributed by atoms with Crippen molar-refractivity contribution < 1.29 is 4.79 Å². The van der Waals surface area contributed by atoms with Crippen LogP contribution in [0.4, 0.5) is 0 Å². The Bertz CT molecular complexity index is 914. The van der Waals surface area contributed by atoms with Crippen molar-refractivity contribution in [2.45, 2.75) is 26.3 Å².